The number of urea groups is 1. The number of halogens is 2. The minimum Gasteiger partial charge on any atom is -0.456 e. The van der Waals surface area contributed by atoms with Gasteiger partial charge in [-0.05, 0) is 50.4 Å². The number of alkyl halides is 2. The fourth-order valence-electron chi connectivity index (χ4n) is 2.26. The normalized spacial score (nSPS) is 13.4. The van der Waals surface area contributed by atoms with Crippen LogP contribution >= 0.6 is 11.8 Å². The number of esters is 1. The maximum absolute atomic E-state index is 12.4. The topological polar surface area (TPSA) is 110 Å². The summed E-state index contributed by atoms with van der Waals surface area (Å²) in [5.41, 5.74) is 1.68. The third-order valence-electron chi connectivity index (χ3n) is 3.70. The lowest BCUT2D eigenvalue weighted by molar-refractivity contribution is -0.148. The van der Waals surface area contributed by atoms with Crippen molar-refractivity contribution in [3.05, 3.63) is 17.0 Å². The number of rotatable bonds is 8. The summed E-state index contributed by atoms with van der Waals surface area (Å²) in [5, 5.41) is 4.62. The minimum atomic E-state index is -2.61. The van der Waals surface area contributed by atoms with Crippen LogP contribution in [-0.2, 0) is 20.7 Å². The second kappa shape index (κ2) is 9.58. The standard InChI is InChI=1S/C16H20F2N4O4S/c1-8-11(9(2)20-16(19-8)27-14(17)18)5-6-13(24)26-7-12(23)22-15(25)21-10-3-4-10/h10,14H,3-7H2,1-2H3,(H2,21,22,23,25). The van der Waals surface area contributed by atoms with Gasteiger partial charge in [0, 0.05) is 23.9 Å². The molecule has 2 rings (SSSR count). The van der Waals surface area contributed by atoms with E-state index in [1.54, 1.807) is 13.8 Å². The molecule has 1 saturated carbocycles. The molecule has 11 heteroatoms. The molecule has 0 bridgehead atoms. The fraction of sp³-hybridized carbons (Fsp3) is 0.562. The number of nitrogens with one attached hydrogen (secondary N) is 2. The summed E-state index contributed by atoms with van der Waals surface area (Å²) in [5.74, 6) is -3.95. The van der Waals surface area contributed by atoms with Crippen molar-refractivity contribution in [2.45, 2.75) is 56.5 Å². The molecule has 1 fully saturated rings. The number of aromatic nitrogens is 2. The summed E-state index contributed by atoms with van der Waals surface area (Å²) >= 11 is 0.259. The third-order valence-corrected chi connectivity index (χ3v) is 4.28. The lowest BCUT2D eigenvalue weighted by atomic mass is 10.1. The van der Waals surface area contributed by atoms with Gasteiger partial charge >= 0.3 is 12.0 Å². The Balaban J connectivity index is 1.76. The van der Waals surface area contributed by atoms with Gasteiger partial charge in [0.05, 0.1) is 0 Å². The highest BCUT2D eigenvalue weighted by molar-refractivity contribution is 7.99. The van der Waals surface area contributed by atoms with Gasteiger partial charge in [0.2, 0.25) is 0 Å². The molecule has 2 N–H and O–H groups in total. The van der Waals surface area contributed by atoms with E-state index in [2.05, 4.69) is 20.6 Å². The molecular formula is C16H20F2N4O4S. The second-order valence-corrected chi connectivity index (χ2v) is 6.95. The van der Waals surface area contributed by atoms with Crippen molar-refractivity contribution in [1.82, 2.24) is 20.6 Å². The Labute approximate surface area is 158 Å². The Morgan fingerprint density at radius 3 is 2.41 bits per heavy atom. The Hall–Kier alpha value is -2.30. The molecule has 1 aromatic rings. The summed E-state index contributed by atoms with van der Waals surface area (Å²) in [4.78, 5) is 42.7. The third kappa shape index (κ3) is 7.45. The smallest absolute Gasteiger partial charge is 0.321 e. The van der Waals surface area contributed by atoms with Gasteiger partial charge in [0.1, 0.15) is 0 Å². The quantitative estimate of drug-likeness (QED) is 0.388. The summed E-state index contributed by atoms with van der Waals surface area (Å²) < 4.78 is 29.6. The van der Waals surface area contributed by atoms with Gasteiger partial charge in [0.15, 0.2) is 11.8 Å². The van der Waals surface area contributed by atoms with E-state index >= 15 is 0 Å². The first-order valence-electron chi connectivity index (χ1n) is 8.29. The van der Waals surface area contributed by atoms with Crippen LogP contribution in [0.3, 0.4) is 0 Å². The number of thioether (sulfide) groups is 1. The van der Waals surface area contributed by atoms with E-state index in [9.17, 15) is 23.2 Å². The van der Waals surface area contributed by atoms with Crippen LogP contribution in [0.1, 0.15) is 36.2 Å². The fourth-order valence-corrected chi connectivity index (χ4v) is 2.80. The van der Waals surface area contributed by atoms with E-state index in [-0.39, 0.29) is 35.8 Å². The number of hydrogen-bond acceptors (Lipinski definition) is 7. The van der Waals surface area contributed by atoms with Gasteiger partial charge in [-0.2, -0.15) is 8.78 Å². The highest BCUT2D eigenvalue weighted by atomic mass is 32.2. The molecular weight excluding hydrogens is 382 g/mol. The molecule has 8 nitrogen and oxygen atoms in total. The van der Waals surface area contributed by atoms with E-state index in [0.29, 0.717) is 17.0 Å². The van der Waals surface area contributed by atoms with Gasteiger partial charge in [0.25, 0.3) is 11.7 Å². The molecule has 0 radical (unpaired) electrons. The van der Waals surface area contributed by atoms with Crippen molar-refractivity contribution in [3.63, 3.8) is 0 Å². The number of imide groups is 1. The Morgan fingerprint density at radius 1 is 1.22 bits per heavy atom. The maximum atomic E-state index is 12.4. The molecule has 0 aliphatic heterocycles. The van der Waals surface area contributed by atoms with Crippen LogP contribution in [0, 0.1) is 13.8 Å². The van der Waals surface area contributed by atoms with Crippen molar-refractivity contribution in [1.29, 1.82) is 0 Å². The molecule has 1 heterocycles. The van der Waals surface area contributed by atoms with Crippen molar-refractivity contribution in [2.75, 3.05) is 6.61 Å². The predicted molar refractivity (Wildman–Crippen MR) is 92.3 cm³/mol. The maximum Gasteiger partial charge on any atom is 0.321 e. The first kappa shape index (κ1) is 21.0. The van der Waals surface area contributed by atoms with Crippen LogP contribution in [0.4, 0.5) is 13.6 Å². The van der Waals surface area contributed by atoms with Crippen LogP contribution in [-0.4, -0.2) is 46.3 Å². The first-order chi connectivity index (χ1) is 12.7. The van der Waals surface area contributed by atoms with Crippen LogP contribution in [0.5, 0.6) is 0 Å². The van der Waals surface area contributed by atoms with Crippen LogP contribution < -0.4 is 10.6 Å². The number of hydrogen-bond donors (Lipinski definition) is 2. The van der Waals surface area contributed by atoms with Gasteiger partial charge in [-0.25, -0.2) is 14.8 Å². The SMILES string of the molecule is Cc1nc(SC(F)F)nc(C)c1CCC(=O)OCC(=O)NC(=O)NC1CC1. The Kier molecular flexibility index (Phi) is 7.45. The molecule has 0 saturated heterocycles. The first-order valence-corrected chi connectivity index (χ1v) is 9.17. The van der Waals surface area contributed by atoms with Crippen LogP contribution in [0.15, 0.2) is 5.16 Å². The predicted octanol–water partition coefficient (Wildman–Crippen LogP) is 1.87. The molecule has 1 aromatic heterocycles. The van der Waals surface area contributed by atoms with Crippen molar-refractivity contribution >= 4 is 29.7 Å². The average molecular weight is 402 g/mol. The largest absolute Gasteiger partial charge is 0.456 e. The van der Waals surface area contributed by atoms with E-state index in [0.717, 1.165) is 12.8 Å². The van der Waals surface area contributed by atoms with Gasteiger partial charge in [-0.1, -0.05) is 0 Å². The zero-order valence-electron chi connectivity index (χ0n) is 14.9. The number of amides is 3. The van der Waals surface area contributed by atoms with Crippen molar-refractivity contribution in [3.8, 4) is 0 Å². The van der Waals surface area contributed by atoms with E-state index in [4.69, 9.17) is 4.74 Å². The minimum absolute atomic E-state index is 0.0209. The summed E-state index contributed by atoms with van der Waals surface area (Å²) in [6, 6.07) is -0.497. The lowest BCUT2D eigenvalue weighted by Gasteiger charge is -2.10. The highest BCUT2D eigenvalue weighted by Gasteiger charge is 2.24. The summed E-state index contributed by atoms with van der Waals surface area (Å²) in [7, 11) is 0. The zero-order valence-corrected chi connectivity index (χ0v) is 15.7. The Morgan fingerprint density at radius 2 is 1.85 bits per heavy atom. The van der Waals surface area contributed by atoms with E-state index in [1.165, 1.54) is 0 Å². The number of aryl methyl sites for hydroxylation is 2. The number of carbonyl (C=O) groups is 3. The molecule has 1 aliphatic carbocycles. The number of carbonyl (C=O) groups excluding carboxylic acids is 3. The van der Waals surface area contributed by atoms with Crippen LogP contribution in [0.2, 0.25) is 0 Å². The molecule has 3 amide bonds. The van der Waals surface area contributed by atoms with Gasteiger partial charge in [-0.15, -0.1) is 0 Å². The molecule has 148 valence electrons. The summed E-state index contributed by atoms with van der Waals surface area (Å²) in [6.07, 6.45) is 2.00. The zero-order chi connectivity index (χ0) is 20.0. The molecule has 1 aliphatic rings. The van der Waals surface area contributed by atoms with Crippen LogP contribution in [0.25, 0.3) is 0 Å². The van der Waals surface area contributed by atoms with E-state index < -0.39 is 30.3 Å². The lowest BCUT2D eigenvalue weighted by Crippen LogP contribution is -2.42. The molecule has 0 aromatic carbocycles. The molecule has 0 atom stereocenters. The molecule has 0 spiro atoms. The second-order valence-electron chi connectivity index (χ2n) is 5.99. The highest BCUT2D eigenvalue weighted by Crippen LogP contribution is 2.24. The van der Waals surface area contributed by atoms with Crippen molar-refractivity contribution in [2.24, 2.45) is 0 Å². The average Bonchev–Trinajstić information content (AvgIpc) is 3.35. The Bertz CT molecular complexity index is 705. The summed E-state index contributed by atoms with van der Waals surface area (Å²) in [6.45, 7) is 2.74. The molecule has 0 unspecified atom stereocenters. The van der Waals surface area contributed by atoms with Gasteiger partial charge < -0.3 is 10.1 Å². The molecule has 27 heavy (non-hydrogen) atoms. The number of nitrogens with zero attached hydrogens (tertiary/aromatic N) is 2. The monoisotopic (exact) mass is 402 g/mol. The van der Waals surface area contributed by atoms with Gasteiger partial charge in [-0.3, -0.25) is 14.9 Å². The number of ether oxygens (including phenoxy) is 1. The van der Waals surface area contributed by atoms with Crippen molar-refractivity contribution < 1.29 is 27.9 Å². The van der Waals surface area contributed by atoms with E-state index in [1.807, 2.05) is 0 Å².